The molecule has 1 aromatic carbocycles. The molecule has 31 heavy (non-hydrogen) atoms. The normalized spacial score (nSPS) is 15.2. The van der Waals surface area contributed by atoms with E-state index < -0.39 is 0 Å². The number of benzene rings is 1. The van der Waals surface area contributed by atoms with Crippen LogP contribution in [0.25, 0.3) is 0 Å². The summed E-state index contributed by atoms with van der Waals surface area (Å²) >= 11 is 0. The molecule has 0 spiro atoms. The fraction of sp³-hybridized carbons (Fsp3) is 0.478. The largest absolute Gasteiger partial charge is 0.377 e. The molecule has 0 saturated carbocycles. The van der Waals surface area contributed by atoms with Gasteiger partial charge in [-0.05, 0) is 55.8 Å². The molecule has 0 amide bonds. The van der Waals surface area contributed by atoms with Crippen LogP contribution in [0.2, 0.25) is 0 Å². The van der Waals surface area contributed by atoms with E-state index in [0.717, 1.165) is 49.2 Å². The van der Waals surface area contributed by atoms with E-state index in [1.165, 1.54) is 12.1 Å². The number of rotatable bonds is 7. The maximum atomic E-state index is 13.2. The van der Waals surface area contributed by atoms with E-state index in [-0.39, 0.29) is 11.4 Å². The van der Waals surface area contributed by atoms with Gasteiger partial charge < -0.3 is 25.2 Å². The Morgan fingerprint density at radius 2 is 1.77 bits per heavy atom. The Morgan fingerprint density at radius 1 is 1.10 bits per heavy atom. The van der Waals surface area contributed by atoms with Gasteiger partial charge in [0.25, 0.3) is 0 Å². The number of aliphatic imine (C=N–C) groups is 1. The molecule has 7 nitrogen and oxygen atoms in total. The first-order chi connectivity index (χ1) is 14.9. The predicted molar refractivity (Wildman–Crippen MR) is 124 cm³/mol. The first-order valence-electron chi connectivity index (χ1n) is 10.6. The number of halogens is 1. The molecule has 1 fully saturated rings. The lowest BCUT2D eigenvalue weighted by molar-refractivity contribution is 0.0268. The summed E-state index contributed by atoms with van der Waals surface area (Å²) in [5.41, 5.74) is 1.93. The molecule has 1 saturated heterocycles. The number of pyridine rings is 1. The standard InChI is InChI=1S/C23H33FN6O/c1-23(2,31-4)17-28-22(25-3)27-16-18-9-10-26-21(15-18)30-13-11-29(12-14-30)20-7-5-19(24)6-8-20/h5-10,15H,11-14,16-17H2,1-4H3,(H2,25,27,28). The number of anilines is 2. The zero-order chi connectivity index (χ0) is 22.3. The third-order valence-corrected chi connectivity index (χ3v) is 5.52. The molecule has 0 aliphatic carbocycles. The molecule has 1 aromatic heterocycles. The van der Waals surface area contributed by atoms with Crippen LogP contribution < -0.4 is 20.4 Å². The summed E-state index contributed by atoms with van der Waals surface area (Å²) in [7, 11) is 3.46. The van der Waals surface area contributed by atoms with Crippen molar-refractivity contribution in [3.63, 3.8) is 0 Å². The van der Waals surface area contributed by atoms with Crippen LogP contribution in [-0.4, -0.2) is 63.4 Å². The Hall–Kier alpha value is -2.87. The first-order valence-corrected chi connectivity index (χ1v) is 10.6. The van der Waals surface area contributed by atoms with Gasteiger partial charge in [0, 0.05) is 65.3 Å². The van der Waals surface area contributed by atoms with Crippen LogP contribution in [0.4, 0.5) is 15.9 Å². The maximum Gasteiger partial charge on any atom is 0.191 e. The summed E-state index contributed by atoms with van der Waals surface area (Å²) in [5, 5.41) is 6.64. The van der Waals surface area contributed by atoms with Gasteiger partial charge in [-0.1, -0.05) is 0 Å². The summed E-state index contributed by atoms with van der Waals surface area (Å²) in [6, 6.07) is 10.8. The molecule has 2 heterocycles. The Labute approximate surface area is 184 Å². The van der Waals surface area contributed by atoms with E-state index in [0.29, 0.717) is 13.1 Å². The van der Waals surface area contributed by atoms with E-state index in [1.807, 2.05) is 38.2 Å². The van der Waals surface area contributed by atoms with E-state index in [1.54, 1.807) is 14.2 Å². The molecule has 0 bridgehead atoms. The molecule has 2 aromatic rings. The molecule has 0 radical (unpaired) electrons. The number of nitrogens with zero attached hydrogens (tertiary/aromatic N) is 4. The number of aromatic nitrogens is 1. The minimum atomic E-state index is -0.266. The van der Waals surface area contributed by atoms with E-state index in [9.17, 15) is 4.39 Å². The predicted octanol–water partition coefficient (Wildman–Crippen LogP) is 2.64. The number of hydrogen-bond donors (Lipinski definition) is 2. The zero-order valence-electron chi connectivity index (χ0n) is 18.9. The second-order valence-corrected chi connectivity index (χ2v) is 8.22. The van der Waals surface area contributed by atoms with Crippen molar-refractivity contribution in [1.82, 2.24) is 15.6 Å². The zero-order valence-corrected chi connectivity index (χ0v) is 18.9. The van der Waals surface area contributed by atoms with Crippen molar-refractivity contribution in [3.05, 3.63) is 54.0 Å². The first kappa shape index (κ1) is 22.8. The minimum Gasteiger partial charge on any atom is -0.377 e. The highest BCUT2D eigenvalue weighted by molar-refractivity contribution is 5.79. The monoisotopic (exact) mass is 428 g/mol. The second kappa shape index (κ2) is 10.4. The molecule has 8 heteroatoms. The smallest absolute Gasteiger partial charge is 0.191 e. The molecule has 0 atom stereocenters. The Morgan fingerprint density at radius 3 is 2.42 bits per heavy atom. The summed E-state index contributed by atoms with van der Waals surface area (Å²) in [4.78, 5) is 13.4. The van der Waals surface area contributed by atoms with Crippen LogP contribution >= 0.6 is 0 Å². The van der Waals surface area contributed by atoms with Crippen molar-refractivity contribution in [2.75, 3.05) is 56.7 Å². The Balaban J connectivity index is 1.53. The molecular weight excluding hydrogens is 395 g/mol. The number of piperazine rings is 1. The van der Waals surface area contributed by atoms with Crippen molar-refractivity contribution in [2.45, 2.75) is 26.0 Å². The molecular formula is C23H33FN6O. The van der Waals surface area contributed by atoms with Crippen molar-refractivity contribution >= 4 is 17.5 Å². The van der Waals surface area contributed by atoms with Gasteiger partial charge in [0.2, 0.25) is 0 Å². The van der Waals surface area contributed by atoms with Gasteiger partial charge >= 0.3 is 0 Å². The second-order valence-electron chi connectivity index (χ2n) is 8.22. The van der Waals surface area contributed by atoms with Crippen LogP contribution in [0.15, 0.2) is 47.6 Å². The fourth-order valence-corrected chi connectivity index (χ4v) is 3.36. The van der Waals surface area contributed by atoms with Gasteiger partial charge in [-0.2, -0.15) is 0 Å². The van der Waals surface area contributed by atoms with Crippen molar-refractivity contribution in [3.8, 4) is 0 Å². The summed E-state index contributed by atoms with van der Waals surface area (Å²) < 4.78 is 18.6. The highest BCUT2D eigenvalue weighted by atomic mass is 19.1. The third kappa shape index (κ3) is 6.55. The SMILES string of the molecule is CN=C(NCc1ccnc(N2CCN(c3ccc(F)cc3)CC2)c1)NCC(C)(C)OC. The summed E-state index contributed by atoms with van der Waals surface area (Å²) in [5.74, 6) is 1.50. The lowest BCUT2D eigenvalue weighted by atomic mass is 10.1. The van der Waals surface area contributed by atoms with Crippen LogP contribution in [-0.2, 0) is 11.3 Å². The molecule has 2 N–H and O–H groups in total. The topological polar surface area (TPSA) is 65.0 Å². The third-order valence-electron chi connectivity index (χ3n) is 5.52. The Bertz CT molecular complexity index is 863. The summed E-state index contributed by atoms with van der Waals surface area (Å²) in [6.07, 6.45) is 1.85. The molecule has 168 valence electrons. The van der Waals surface area contributed by atoms with Crippen molar-refractivity contribution in [2.24, 2.45) is 4.99 Å². The highest BCUT2D eigenvalue weighted by Crippen LogP contribution is 2.20. The van der Waals surface area contributed by atoms with Crippen LogP contribution in [0.1, 0.15) is 19.4 Å². The van der Waals surface area contributed by atoms with Crippen LogP contribution in [0, 0.1) is 5.82 Å². The van der Waals surface area contributed by atoms with Crippen molar-refractivity contribution < 1.29 is 9.13 Å². The Kier molecular flexibility index (Phi) is 7.68. The maximum absolute atomic E-state index is 13.2. The highest BCUT2D eigenvalue weighted by Gasteiger charge is 2.19. The number of hydrogen-bond acceptors (Lipinski definition) is 5. The number of guanidine groups is 1. The van der Waals surface area contributed by atoms with E-state index in [4.69, 9.17) is 4.74 Å². The van der Waals surface area contributed by atoms with Gasteiger partial charge in [-0.25, -0.2) is 9.37 Å². The lowest BCUT2D eigenvalue weighted by Gasteiger charge is -2.36. The van der Waals surface area contributed by atoms with Crippen LogP contribution in [0.5, 0.6) is 0 Å². The van der Waals surface area contributed by atoms with Gasteiger partial charge in [0.15, 0.2) is 5.96 Å². The molecule has 1 aliphatic rings. The molecule has 3 rings (SSSR count). The number of nitrogens with one attached hydrogen (secondary N) is 2. The van der Waals surface area contributed by atoms with Gasteiger partial charge in [0.05, 0.1) is 5.60 Å². The van der Waals surface area contributed by atoms with Crippen LogP contribution in [0.3, 0.4) is 0 Å². The van der Waals surface area contributed by atoms with E-state index >= 15 is 0 Å². The van der Waals surface area contributed by atoms with Gasteiger partial charge in [0.1, 0.15) is 11.6 Å². The minimum absolute atomic E-state index is 0.203. The quantitative estimate of drug-likeness (QED) is 0.522. The van der Waals surface area contributed by atoms with Gasteiger partial charge in [-0.15, -0.1) is 0 Å². The number of methoxy groups -OCH3 is 1. The summed E-state index contributed by atoms with van der Waals surface area (Å²) in [6.45, 7) is 8.86. The molecule has 0 unspecified atom stereocenters. The average molecular weight is 429 g/mol. The fourth-order valence-electron chi connectivity index (χ4n) is 3.36. The average Bonchev–Trinajstić information content (AvgIpc) is 2.80. The lowest BCUT2D eigenvalue weighted by Crippen LogP contribution is -2.47. The van der Waals surface area contributed by atoms with E-state index in [2.05, 4.69) is 36.5 Å². The molecule has 1 aliphatic heterocycles. The number of ether oxygens (including phenoxy) is 1. The van der Waals surface area contributed by atoms with Gasteiger partial charge in [-0.3, -0.25) is 4.99 Å². The van der Waals surface area contributed by atoms with Crippen molar-refractivity contribution in [1.29, 1.82) is 0 Å².